The van der Waals surface area contributed by atoms with Gasteiger partial charge in [-0.1, -0.05) is 36.4 Å². The predicted molar refractivity (Wildman–Crippen MR) is 105 cm³/mol. The van der Waals surface area contributed by atoms with Gasteiger partial charge in [0.1, 0.15) is 6.07 Å². The molecule has 0 aliphatic rings. The highest BCUT2D eigenvalue weighted by Gasteiger charge is 2.13. The lowest BCUT2D eigenvalue weighted by molar-refractivity contribution is 0.102. The first kappa shape index (κ1) is 17.9. The van der Waals surface area contributed by atoms with E-state index in [1.54, 1.807) is 42.5 Å². The number of carbonyl (C=O) groups is 2. The summed E-state index contributed by atoms with van der Waals surface area (Å²) in [7, 11) is 0. The number of hydrogen-bond acceptors (Lipinski definition) is 3. The largest absolute Gasteiger partial charge is 0.322 e. The Morgan fingerprint density at radius 2 is 1.33 bits per heavy atom. The third kappa shape index (κ3) is 4.20. The highest BCUT2D eigenvalue weighted by Crippen LogP contribution is 2.17. The SMILES string of the molecule is Cc1ccccc1NC(=O)c1cccc(C(=O)Nc2ccccc2C#N)c1. The van der Waals surface area contributed by atoms with Crippen molar-refractivity contribution < 1.29 is 9.59 Å². The van der Waals surface area contributed by atoms with E-state index < -0.39 is 0 Å². The van der Waals surface area contributed by atoms with Gasteiger partial charge in [-0.25, -0.2) is 0 Å². The zero-order chi connectivity index (χ0) is 19.2. The van der Waals surface area contributed by atoms with Crippen LogP contribution in [0.15, 0.2) is 72.8 Å². The van der Waals surface area contributed by atoms with Crippen LogP contribution in [0.5, 0.6) is 0 Å². The first-order chi connectivity index (χ1) is 13.1. The van der Waals surface area contributed by atoms with Crippen molar-refractivity contribution in [2.75, 3.05) is 10.6 Å². The maximum atomic E-state index is 12.5. The summed E-state index contributed by atoms with van der Waals surface area (Å²) in [6.07, 6.45) is 0. The average Bonchev–Trinajstić information content (AvgIpc) is 2.70. The van der Waals surface area contributed by atoms with E-state index in [9.17, 15) is 9.59 Å². The summed E-state index contributed by atoms with van der Waals surface area (Å²) in [5.41, 5.74) is 3.19. The van der Waals surface area contributed by atoms with Gasteiger partial charge in [-0.3, -0.25) is 9.59 Å². The predicted octanol–water partition coefficient (Wildman–Crippen LogP) is 4.37. The molecule has 3 aromatic rings. The van der Waals surface area contributed by atoms with E-state index in [0.29, 0.717) is 22.4 Å². The minimum absolute atomic E-state index is 0.295. The van der Waals surface area contributed by atoms with Gasteiger partial charge < -0.3 is 10.6 Å². The van der Waals surface area contributed by atoms with Crippen molar-refractivity contribution >= 4 is 23.2 Å². The van der Waals surface area contributed by atoms with Gasteiger partial charge in [-0.2, -0.15) is 5.26 Å². The highest BCUT2D eigenvalue weighted by molar-refractivity contribution is 6.09. The Morgan fingerprint density at radius 1 is 0.778 bits per heavy atom. The lowest BCUT2D eigenvalue weighted by atomic mass is 10.1. The van der Waals surface area contributed by atoms with Crippen molar-refractivity contribution in [2.24, 2.45) is 0 Å². The summed E-state index contributed by atoms with van der Waals surface area (Å²) < 4.78 is 0. The standard InChI is InChI=1S/C22H17N3O2/c1-15-7-2-4-11-19(15)24-21(26)16-9-6-10-17(13-16)22(27)25-20-12-5-3-8-18(20)14-23/h2-13H,1H3,(H,24,26)(H,25,27). The molecule has 0 aliphatic carbocycles. The monoisotopic (exact) mass is 355 g/mol. The number of para-hydroxylation sites is 2. The third-order valence-electron chi connectivity index (χ3n) is 4.08. The first-order valence-electron chi connectivity index (χ1n) is 8.36. The van der Waals surface area contributed by atoms with Gasteiger partial charge in [0.05, 0.1) is 11.3 Å². The lowest BCUT2D eigenvalue weighted by Gasteiger charge is -2.10. The molecular weight excluding hydrogens is 338 g/mol. The molecule has 3 aromatic carbocycles. The molecule has 2 amide bonds. The molecule has 3 rings (SSSR count). The minimum Gasteiger partial charge on any atom is -0.322 e. The molecule has 0 aliphatic heterocycles. The van der Waals surface area contributed by atoms with Gasteiger partial charge in [0, 0.05) is 16.8 Å². The van der Waals surface area contributed by atoms with Crippen LogP contribution in [-0.4, -0.2) is 11.8 Å². The topological polar surface area (TPSA) is 82.0 Å². The molecule has 2 N–H and O–H groups in total. The fourth-order valence-corrected chi connectivity index (χ4v) is 2.59. The quantitative estimate of drug-likeness (QED) is 0.729. The molecule has 0 saturated carbocycles. The summed E-state index contributed by atoms with van der Waals surface area (Å²) >= 11 is 0. The molecule has 5 heteroatoms. The fourth-order valence-electron chi connectivity index (χ4n) is 2.59. The van der Waals surface area contributed by atoms with Crippen molar-refractivity contribution in [3.05, 3.63) is 95.1 Å². The van der Waals surface area contributed by atoms with Crippen molar-refractivity contribution in [1.82, 2.24) is 0 Å². The van der Waals surface area contributed by atoms with Crippen LogP contribution in [0.1, 0.15) is 31.8 Å². The van der Waals surface area contributed by atoms with Crippen molar-refractivity contribution in [3.63, 3.8) is 0 Å². The Morgan fingerprint density at radius 3 is 1.96 bits per heavy atom. The summed E-state index contributed by atoms with van der Waals surface area (Å²) in [5, 5.41) is 14.7. The molecular formula is C22H17N3O2. The minimum atomic E-state index is -0.386. The summed E-state index contributed by atoms with van der Waals surface area (Å²) in [5.74, 6) is -0.681. The van der Waals surface area contributed by atoms with Gasteiger partial charge in [-0.05, 0) is 48.9 Å². The number of nitrogens with zero attached hydrogens (tertiary/aromatic N) is 1. The molecule has 0 unspecified atom stereocenters. The zero-order valence-electron chi connectivity index (χ0n) is 14.7. The van der Waals surface area contributed by atoms with E-state index in [0.717, 1.165) is 11.3 Å². The number of benzene rings is 3. The molecule has 27 heavy (non-hydrogen) atoms. The maximum Gasteiger partial charge on any atom is 0.255 e. The van der Waals surface area contributed by atoms with Crippen LogP contribution in [0.3, 0.4) is 0 Å². The van der Waals surface area contributed by atoms with Gasteiger partial charge in [0.2, 0.25) is 0 Å². The molecule has 5 nitrogen and oxygen atoms in total. The smallest absolute Gasteiger partial charge is 0.255 e. The van der Waals surface area contributed by atoms with Crippen molar-refractivity contribution in [1.29, 1.82) is 5.26 Å². The number of nitrogens with one attached hydrogen (secondary N) is 2. The van der Waals surface area contributed by atoms with Gasteiger partial charge >= 0.3 is 0 Å². The van der Waals surface area contributed by atoms with Gasteiger partial charge in [0.15, 0.2) is 0 Å². The van der Waals surface area contributed by atoms with Crippen LogP contribution in [0.2, 0.25) is 0 Å². The normalized spacial score (nSPS) is 9.93. The van der Waals surface area contributed by atoms with E-state index in [2.05, 4.69) is 10.6 Å². The first-order valence-corrected chi connectivity index (χ1v) is 8.36. The van der Waals surface area contributed by atoms with Crippen molar-refractivity contribution in [2.45, 2.75) is 6.92 Å². The maximum absolute atomic E-state index is 12.5. The summed E-state index contributed by atoms with van der Waals surface area (Å²) in [6.45, 7) is 1.91. The highest BCUT2D eigenvalue weighted by atomic mass is 16.2. The third-order valence-corrected chi connectivity index (χ3v) is 4.08. The number of hydrogen-bond donors (Lipinski definition) is 2. The second-order valence-corrected chi connectivity index (χ2v) is 5.96. The molecule has 132 valence electrons. The van der Waals surface area contributed by atoms with Gasteiger partial charge in [-0.15, -0.1) is 0 Å². The van der Waals surface area contributed by atoms with E-state index in [1.165, 1.54) is 6.07 Å². The van der Waals surface area contributed by atoms with Crippen LogP contribution in [0.4, 0.5) is 11.4 Å². The van der Waals surface area contributed by atoms with Crippen LogP contribution >= 0.6 is 0 Å². The molecule has 0 aromatic heterocycles. The van der Waals surface area contributed by atoms with Crippen LogP contribution < -0.4 is 10.6 Å². The second-order valence-electron chi connectivity index (χ2n) is 5.96. The summed E-state index contributed by atoms with van der Waals surface area (Å²) in [6, 6.07) is 22.7. The van der Waals surface area contributed by atoms with Crippen LogP contribution in [0, 0.1) is 18.3 Å². The zero-order valence-corrected chi connectivity index (χ0v) is 14.7. The number of anilines is 2. The Kier molecular flexibility index (Phi) is 5.29. The Hall–Kier alpha value is -3.91. The Labute approximate surface area is 157 Å². The summed E-state index contributed by atoms with van der Waals surface area (Å²) in [4.78, 5) is 25.0. The molecule has 0 bridgehead atoms. The number of aryl methyl sites for hydroxylation is 1. The average molecular weight is 355 g/mol. The molecule has 0 saturated heterocycles. The number of rotatable bonds is 4. The van der Waals surface area contributed by atoms with Gasteiger partial charge in [0.25, 0.3) is 11.8 Å². The molecule has 0 radical (unpaired) electrons. The Bertz CT molecular complexity index is 1050. The fraction of sp³-hybridized carbons (Fsp3) is 0.0455. The Balaban J connectivity index is 1.79. The van der Waals surface area contributed by atoms with E-state index in [-0.39, 0.29) is 11.8 Å². The van der Waals surface area contributed by atoms with Crippen LogP contribution in [0.25, 0.3) is 0 Å². The molecule has 0 heterocycles. The molecule has 0 fully saturated rings. The lowest BCUT2D eigenvalue weighted by Crippen LogP contribution is -2.16. The second kappa shape index (κ2) is 7.98. The number of nitriles is 1. The van der Waals surface area contributed by atoms with E-state index in [1.807, 2.05) is 37.3 Å². The van der Waals surface area contributed by atoms with Crippen molar-refractivity contribution in [3.8, 4) is 6.07 Å². The van der Waals surface area contributed by atoms with Crippen LogP contribution in [-0.2, 0) is 0 Å². The van der Waals surface area contributed by atoms with E-state index >= 15 is 0 Å². The number of carbonyl (C=O) groups excluding carboxylic acids is 2. The molecule has 0 atom stereocenters. The molecule has 0 spiro atoms. The number of amides is 2. The van der Waals surface area contributed by atoms with E-state index in [4.69, 9.17) is 5.26 Å².